The summed E-state index contributed by atoms with van der Waals surface area (Å²) in [6.07, 6.45) is 95.5. The van der Waals surface area contributed by atoms with Crippen molar-refractivity contribution in [1.29, 1.82) is 0 Å². The molecule has 588 valence electrons. The second-order valence-electron chi connectivity index (χ2n) is 26.1. The van der Waals surface area contributed by atoms with Crippen molar-refractivity contribution in [3.63, 3.8) is 0 Å². The molecule has 0 aromatic rings. The lowest BCUT2D eigenvalue weighted by Crippen LogP contribution is -2.30. The average molecular weight is 1480 g/mol. The van der Waals surface area contributed by atoms with E-state index in [1.165, 1.54) is 44.9 Å². The number of carbonyl (C=O) groups excluding carboxylic acids is 3. The van der Waals surface area contributed by atoms with Crippen LogP contribution < -0.4 is 0 Å². The maximum Gasteiger partial charge on any atom is 0.472 e. The van der Waals surface area contributed by atoms with Crippen LogP contribution in [0.25, 0.3) is 0 Å². The molecule has 16 nitrogen and oxygen atoms in total. The Morgan fingerprint density at radius 1 is 0.282 bits per heavy atom. The Morgan fingerprint density at radius 3 is 0.816 bits per heavy atom. The first-order valence-corrected chi connectivity index (χ1v) is 42.8. The van der Waals surface area contributed by atoms with Crippen molar-refractivity contribution < 1.29 is 75.8 Å². The van der Waals surface area contributed by atoms with E-state index in [-0.39, 0.29) is 19.3 Å². The Hall–Kier alpha value is -4.83. The number of aliphatic hydroxyl groups is 2. The van der Waals surface area contributed by atoms with E-state index in [0.717, 1.165) is 199 Å². The van der Waals surface area contributed by atoms with Gasteiger partial charge in [0, 0.05) is 19.3 Å². The molecule has 5 unspecified atom stereocenters. The zero-order chi connectivity index (χ0) is 75.2. The molecule has 0 aliphatic rings. The molecule has 0 aliphatic carbocycles. The minimum atomic E-state index is -4.95. The van der Waals surface area contributed by atoms with Gasteiger partial charge < -0.3 is 34.2 Å². The van der Waals surface area contributed by atoms with Crippen LogP contribution in [-0.2, 0) is 55.8 Å². The van der Waals surface area contributed by atoms with E-state index in [4.69, 9.17) is 32.3 Å². The number of carbonyl (C=O) groups is 3. The van der Waals surface area contributed by atoms with Crippen molar-refractivity contribution in [2.24, 2.45) is 0 Å². The van der Waals surface area contributed by atoms with E-state index < -0.39 is 91.5 Å². The Morgan fingerprint density at radius 2 is 0.515 bits per heavy atom. The third kappa shape index (κ3) is 78.1. The van der Waals surface area contributed by atoms with E-state index in [9.17, 15) is 43.5 Å². The van der Waals surface area contributed by atoms with Crippen LogP contribution in [-0.4, -0.2) is 95.9 Å². The average Bonchev–Trinajstić information content (AvgIpc) is 0.922. The van der Waals surface area contributed by atoms with E-state index in [0.29, 0.717) is 19.3 Å². The fraction of sp³-hybridized carbons (Fsp3) is 0.659. The molecule has 0 bridgehead atoms. The summed E-state index contributed by atoms with van der Waals surface area (Å²) < 4.78 is 61.2. The molecule has 103 heavy (non-hydrogen) atoms. The number of aliphatic hydroxyl groups excluding tert-OH is 2. The van der Waals surface area contributed by atoms with Crippen LogP contribution >= 0.6 is 15.6 Å². The smallest absolute Gasteiger partial charge is 0.463 e. The Kier molecular flexibility index (Phi) is 73.2. The molecule has 0 heterocycles. The van der Waals surface area contributed by atoms with E-state index in [1.807, 2.05) is 0 Å². The molecule has 0 saturated heterocycles. The molecule has 5 atom stereocenters. The quantitative estimate of drug-likeness (QED) is 0.0146. The van der Waals surface area contributed by atoms with Crippen molar-refractivity contribution in [1.82, 2.24) is 0 Å². The van der Waals surface area contributed by atoms with Gasteiger partial charge in [0.25, 0.3) is 0 Å². The SMILES string of the molecule is CC/C=C\C/C=C\C/C=C\C/C=C\C/C=C\C/C=C\CCCCCCCCC(=O)OCC(O)COP(=O)(O)OCC(O)COP(=O)(O)OCC(COC(=O)CCCCCCCCC/C=C\C/C=C\C/C=C\C/C=C\CCCCC)OC(=O)CCCCCCCC/C=C\C/C=C\C/C=C\CCCCC. The lowest BCUT2D eigenvalue weighted by Gasteiger charge is -2.21. The summed E-state index contributed by atoms with van der Waals surface area (Å²) in [5.74, 6) is -1.62. The fourth-order valence-corrected chi connectivity index (χ4v) is 11.7. The Labute approximate surface area is 625 Å². The van der Waals surface area contributed by atoms with Crippen LogP contribution in [0, 0.1) is 0 Å². The molecule has 0 saturated carbocycles. The first-order valence-electron chi connectivity index (χ1n) is 39.8. The third-order valence-corrected chi connectivity index (χ3v) is 18.1. The normalized spacial score (nSPS) is 14.8. The Bertz CT molecular complexity index is 2500. The number of hydrogen-bond donors (Lipinski definition) is 4. The maximum atomic E-state index is 13.0. The molecule has 0 aromatic heterocycles. The summed E-state index contributed by atoms with van der Waals surface area (Å²) in [6.45, 7) is 2.47. The highest BCUT2D eigenvalue weighted by Gasteiger charge is 2.29. The number of unbranched alkanes of at least 4 members (excludes halogenated alkanes) is 25. The van der Waals surface area contributed by atoms with Gasteiger partial charge in [-0.3, -0.25) is 32.5 Å². The highest BCUT2D eigenvalue weighted by molar-refractivity contribution is 7.47. The summed E-state index contributed by atoms with van der Waals surface area (Å²) in [6, 6.07) is 0. The van der Waals surface area contributed by atoms with Crippen molar-refractivity contribution in [3.8, 4) is 0 Å². The molecule has 0 fully saturated rings. The lowest BCUT2D eigenvalue weighted by atomic mass is 10.1. The van der Waals surface area contributed by atoms with Crippen molar-refractivity contribution in [2.45, 2.75) is 322 Å². The molecule has 0 radical (unpaired) electrons. The van der Waals surface area contributed by atoms with Gasteiger partial charge in [-0.15, -0.1) is 0 Å². The van der Waals surface area contributed by atoms with Gasteiger partial charge in [0.1, 0.15) is 25.4 Å². The first-order chi connectivity index (χ1) is 50.2. The van der Waals surface area contributed by atoms with Crippen LogP contribution in [0.2, 0.25) is 0 Å². The minimum absolute atomic E-state index is 0.0823. The second kappa shape index (κ2) is 76.8. The van der Waals surface area contributed by atoms with Crippen LogP contribution in [0.3, 0.4) is 0 Å². The van der Waals surface area contributed by atoms with Crippen molar-refractivity contribution in [3.05, 3.63) is 158 Å². The number of hydrogen-bond acceptors (Lipinski definition) is 14. The lowest BCUT2D eigenvalue weighted by molar-refractivity contribution is -0.161. The number of phosphoric ester groups is 2. The van der Waals surface area contributed by atoms with Crippen molar-refractivity contribution in [2.75, 3.05) is 39.6 Å². The largest absolute Gasteiger partial charge is 0.472 e. The number of esters is 3. The number of ether oxygens (including phenoxy) is 3. The molecule has 0 aliphatic heterocycles. The monoisotopic (exact) mass is 1480 g/mol. The topological polar surface area (TPSA) is 231 Å². The standard InChI is InChI=1S/C85H142O16P2/c1-4-7-10-13-16-19-22-25-28-31-34-36-38-39-41-43-45-47-50-53-56-59-62-65-68-71-83(88)95-74-80(86)75-97-102(91,92)98-76-81(87)77-99-103(93,94)100-79-82(101-85(90)73-70-67-64-61-58-55-52-49-44-33-30-27-24-21-18-15-12-9-6-3)78-96-84(89)72-69-66-63-60-57-54-51-48-46-42-40-37-35-32-29-26-23-20-17-14-11-8-5-2/h7,10,16-21,25-30,34-37,39,41-42,44-47,49,80-82,86-87H,4-6,8-9,11-15,22-24,31-33,38,40,43,48,50-79H2,1-3H3,(H,91,92)(H,93,94)/b10-7-,19-16-,20-17-,21-18-,28-25-,29-26-,30-27-,36-34-,37-35-,41-39-,46-42-,47-45-,49-44-. The van der Waals surface area contributed by atoms with Gasteiger partial charge in [0.15, 0.2) is 6.10 Å². The minimum Gasteiger partial charge on any atom is -0.463 e. The van der Waals surface area contributed by atoms with Crippen molar-refractivity contribution >= 4 is 33.6 Å². The molecule has 0 rings (SSSR count). The number of phosphoric acid groups is 2. The van der Waals surface area contributed by atoms with Crippen LogP contribution in [0.5, 0.6) is 0 Å². The van der Waals surface area contributed by atoms with Gasteiger partial charge in [-0.25, -0.2) is 9.13 Å². The summed E-state index contributed by atoms with van der Waals surface area (Å²) >= 11 is 0. The predicted molar refractivity (Wildman–Crippen MR) is 426 cm³/mol. The van der Waals surface area contributed by atoms with Crippen LogP contribution in [0.15, 0.2) is 158 Å². The molecular weight excluding hydrogens is 1340 g/mol. The number of rotatable bonds is 74. The van der Waals surface area contributed by atoms with Gasteiger partial charge >= 0.3 is 33.6 Å². The second-order valence-corrected chi connectivity index (χ2v) is 29.0. The summed E-state index contributed by atoms with van der Waals surface area (Å²) in [4.78, 5) is 58.7. The first kappa shape index (κ1) is 98.2. The van der Waals surface area contributed by atoms with Gasteiger partial charge in [0.2, 0.25) is 0 Å². The molecule has 0 spiro atoms. The third-order valence-electron chi connectivity index (χ3n) is 16.2. The van der Waals surface area contributed by atoms with E-state index in [1.54, 1.807) is 0 Å². The van der Waals surface area contributed by atoms with Gasteiger partial charge in [-0.1, -0.05) is 288 Å². The maximum absolute atomic E-state index is 13.0. The zero-order valence-electron chi connectivity index (χ0n) is 64.2. The van der Waals surface area contributed by atoms with E-state index >= 15 is 0 Å². The molecule has 18 heteroatoms. The number of allylic oxidation sites excluding steroid dienone is 26. The predicted octanol–water partition coefficient (Wildman–Crippen LogP) is 23.4. The molecule has 4 N–H and O–H groups in total. The summed E-state index contributed by atoms with van der Waals surface area (Å²) in [5.41, 5.74) is 0. The highest BCUT2D eigenvalue weighted by Crippen LogP contribution is 2.45. The Balaban J connectivity index is 4.71. The summed E-state index contributed by atoms with van der Waals surface area (Å²) in [7, 11) is -9.81. The molecular formula is C85H142O16P2. The summed E-state index contributed by atoms with van der Waals surface area (Å²) in [5, 5.41) is 20.6. The van der Waals surface area contributed by atoms with E-state index in [2.05, 4.69) is 179 Å². The van der Waals surface area contributed by atoms with Gasteiger partial charge in [0.05, 0.1) is 26.4 Å². The molecule has 0 amide bonds. The van der Waals surface area contributed by atoms with Gasteiger partial charge in [-0.2, -0.15) is 0 Å². The van der Waals surface area contributed by atoms with Crippen LogP contribution in [0.1, 0.15) is 303 Å². The van der Waals surface area contributed by atoms with Gasteiger partial charge in [-0.05, 0) is 154 Å². The van der Waals surface area contributed by atoms with Crippen LogP contribution in [0.4, 0.5) is 0 Å². The fourth-order valence-electron chi connectivity index (χ4n) is 10.2. The highest BCUT2D eigenvalue weighted by atomic mass is 31.2. The molecule has 0 aromatic carbocycles. The zero-order valence-corrected chi connectivity index (χ0v) is 66.0.